The average molecular weight is 170 g/mol. The molecule has 2 N–H and O–H groups in total. The van der Waals surface area contributed by atoms with E-state index in [0.717, 1.165) is 12.5 Å². The summed E-state index contributed by atoms with van der Waals surface area (Å²) in [6.07, 6.45) is 2.84. The van der Waals surface area contributed by atoms with Gasteiger partial charge < -0.3 is 5.73 Å². The Balaban J connectivity index is 2.72. The van der Waals surface area contributed by atoms with Gasteiger partial charge in [0.15, 0.2) is 0 Å². The minimum absolute atomic E-state index is 0.197. The first-order valence-corrected chi connectivity index (χ1v) is 4.98. The topological polar surface area (TPSA) is 29.3 Å². The highest BCUT2D eigenvalue weighted by molar-refractivity contribution is 4.91. The summed E-state index contributed by atoms with van der Waals surface area (Å²) in [4.78, 5) is 2.42. The molecule has 1 fully saturated rings. The molecule has 72 valence electrons. The summed E-state index contributed by atoms with van der Waals surface area (Å²) in [6.45, 7) is 10.2. The third-order valence-electron chi connectivity index (χ3n) is 3.47. The zero-order chi connectivity index (χ0) is 9.35. The molecule has 1 heterocycles. The molecule has 1 aliphatic rings. The molecule has 2 nitrogen and oxygen atoms in total. The van der Waals surface area contributed by atoms with Crippen LogP contribution in [0.1, 0.15) is 40.5 Å². The molecular formula is C10H22N2. The van der Waals surface area contributed by atoms with Gasteiger partial charge in [0.1, 0.15) is 0 Å². The van der Waals surface area contributed by atoms with Crippen LogP contribution in [-0.4, -0.2) is 23.1 Å². The van der Waals surface area contributed by atoms with Gasteiger partial charge in [-0.2, -0.15) is 0 Å². The molecule has 0 saturated carbocycles. The molecule has 1 saturated heterocycles. The number of nitrogens with two attached hydrogens (primary N) is 1. The fraction of sp³-hybridized carbons (Fsp3) is 1.00. The fourth-order valence-corrected chi connectivity index (χ4v) is 2.22. The van der Waals surface area contributed by atoms with Crippen LogP contribution in [0.4, 0.5) is 0 Å². The molecule has 0 aromatic rings. The Kier molecular flexibility index (Phi) is 2.79. The standard InChI is InChI=1S/C10H22N2/c1-8-6-5-7-12(9(2)11)10(8,3)4/h8-9H,5-7,11H2,1-4H3. The lowest BCUT2D eigenvalue weighted by Gasteiger charge is -2.48. The van der Waals surface area contributed by atoms with Crippen LogP contribution in [0.5, 0.6) is 0 Å². The first kappa shape index (κ1) is 10.0. The highest BCUT2D eigenvalue weighted by Crippen LogP contribution is 2.33. The number of hydrogen-bond donors (Lipinski definition) is 1. The van der Waals surface area contributed by atoms with E-state index in [-0.39, 0.29) is 11.7 Å². The van der Waals surface area contributed by atoms with Crippen molar-refractivity contribution in [2.45, 2.75) is 52.2 Å². The first-order chi connectivity index (χ1) is 5.46. The number of rotatable bonds is 1. The number of likely N-dealkylation sites (tertiary alicyclic amines) is 1. The second-order valence-corrected chi connectivity index (χ2v) is 4.63. The van der Waals surface area contributed by atoms with Gasteiger partial charge in [0.25, 0.3) is 0 Å². The summed E-state index contributed by atoms with van der Waals surface area (Å²) in [5, 5.41) is 0. The zero-order valence-electron chi connectivity index (χ0n) is 8.80. The third kappa shape index (κ3) is 1.64. The molecule has 12 heavy (non-hydrogen) atoms. The quantitative estimate of drug-likeness (QED) is 0.650. The maximum Gasteiger partial charge on any atom is 0.0547 e. The van der Waals surface area contributed by atoms with E-state index >= 15 is 0 Å². The molecule has 2 heteroatoms. The molecule has 2 atom stereocenters. The van der Waals surface area contributed by atoms with Gasteiger partial charge in [0.05, 0.1) is 6.17 Å². The second-order valence-electron chi connectivity index (χ2n) is 4.63. The molecule has 0 radical (unpaired) electrons. The van der Waals surface area contributed by atoms with Crippen LogP contribution < -0.4 is 5.73 Å². The van der Waals surface area contributed by atoms with Crippen LogP contribution >= 0.6 is 0 Å². The normalized spacial score (nSPS) is 33.2. The van der Waals surface area contributed by atoms with Gasteiger partial charge in [0.2, 0.25) is 0 Å². The summed E-state index contributed by atoms with van der Waals surface area (Å²) >= 11 is 0. The minimum atomic E-state index is 0.197. The SMILES string of the molecule is CC(N)N1CCCC(C)C1(C)C. The zero-order valence-corrected chi connectivity index (χ0v) is 8.80. The van der Waals surface area contributed by atoms with Crippen molar-refractivity contribution in [3.05, 3.63) is 0 Å². The van der Waals surface area contributed by atoms with E-state index in [0.29, 0.717) is 0 Å². The van der Waals surface area contributed by atoms with Crippen LogP contribution in [0.15, 0.2) is 0 Å². The lowest BCUT2D eigenvalue weighted by Crippen LogP contribution is -2.58. The van der Waals surface area contributed by atoms with Gasteiger partial charge >= 0.3 is 0 Å². The number of hydrogen-bond acceptors (Lipinski definition) is 2. The van der Waals surface area contributed by atoms with Crippen molar-refractivity contribution in [2.24, 2.45) is 11.7 Å². The van der Waals surface area contributed by atoms with Crippen LogP contribution in [0.3, 0.4) is 0 Å². The van der Waals surface area contributed by atoms with Gasteiger partial charge in [-0.05, 0) is 39.5 Å². The monoisotopic (exact) mass is 170 g/mol. The predicted molar refractivity (Wildman–Crippen MR) is 52.8 cm³/mol. The number of piperidine rings is 1. The predicted octanol–water partition coefficient (Wildman–Crippen LogP) is 1.80. The van der Waals surface area contributed by atoms with E-state index in [1.54, 1.807) is 0 Å². The van der Waals surface area contributed by atoms with Crippen molar-refractivity contribution in [1.82, 2.24) is 4.90 Å². The second kappa shape index (κ2) is 3.35. The maximum absolute atomic E-state index is 5.93. The van der Waals surface area contributed by atoms with Crippen molar-refractivity contribution >= 4 is 0 Å². The molecular weight excluding hydrogens is 148 g/mol. The lowest BCUT2D eigenvalue weighted by molar-refractivity contribution is 0.00165. The smallest absolute Gasteiger partial charge is 0.0547 e. The lowest BCUT2D eigenvalue weighted by atomic mass is 9.80. The fourth-order valence-electron chi connectivity index (χ4n) is 2.22. The third-order valence-corrected chi connectivity index (χ3v) is 3.47. The Morgan fingerprint density at radius 2 is 2.08 bits per heavy atom. The molecule has 0 aromatic heterocycles. The summed E-state index contributed by atoms with van der Waals surface area (Å²) < 4.78 is 0. The Hall–Kier alpha value is -0.0800. The highest BCUT2D eigenvalue weighted by atomic mass is 15.3. The van der Waals surface area contributed by atoms with Crippen molar-refractivity contribution in [3.8, 4) is 0 Å². The van der Waals surface area contributed by atoms with Gasteiger partial charge in [-0.3, -0.25) is 4.90 Å². The molecule has 1 rings (SSSR count). The molecule has 0 bridgehead atoms. The van der Waals surface area contributed by atoms with Gasteiger partial charge in [0, 0.05) is 12.1 Å². The Morgan fingerprint density at radius 1 is 1.50 bits per heavy atom. The summed E-state index contributed by atoms with van der Waals surface area (Å²) in [7, 11) is 0. The first-order valence-electron chi connectivity index (χ1n) is 4.98. The Labute approximate surface area is 76.1 Å². The molecule has 0 aromatic carbocycles. The van der Waals surface area contributed by atoms with Gasteiger partial charge in [-0.15, -0.1) is 0 Å². The summed E-state index contributed by atoms with van der Waals surface area (Å²) in [6, 6.07) is 0. The van der Waals surface area contributed by atoms with Crippen molar-refractivity contribution in [3.63, 3.8) is 0 Å². The van der Waals surface area contributed by atoms with E-state index in [2.05, 4.69) is 32.6 Å². The van der Waals surface area contributed by atoms with Crippen LogP contribution in [0, 0.1) is 5.92 Å². The summed E-state index contributed by atoms with van der Waals surface area (Å²) in [5.74, 6) is 0.761. The molecule has 2 unspecified atom stereocenters. The Bertz CT molecular complexity index is 152. The van der Waals surface area contributed by atoms with Gasteiger partial charge in [-0.25, -0.2) is 0 Å². The van der Waals surface area contributed by atoms with Gasteiger partial charge in [-0.1, -0.05) is 6.92 Å². The molecule has 0 spiro atoms. The van der Waals surface area contributed by atoms with E-state index in [1.165, 1.54) is 12.8 Å². The molecule has 0 amide bonds. The van der Waals surface area contributed by atoms with Crippen LogP contribution in [0.25, 0.3) is 0 Å². The van der Waals surface area contributed by atoms with Crippen LogP contribution in [0.2, 0.25) is 0 Å². The van der Waals surface area contributed by atoms with Crippen molar-refractivity contribution < 1.29 is 0 Å². The van der Waals surface area contributed by atoms with E-state index in [9.17, 15) is 0 Å². The van der Waals surface area contributed by atoms with E-state index in [1.807, 2.05) is 0 Å². The molecule has 1 aliphatic heterocycles. The average Bonchev–Trinajstić information content (AvgIpc) is 1.94. The van der Waals surface area contributed by atoms with Crippen LogP contribution in [-0.2, 0) is 0 Å². The van der Waals surface area contributed by atoms with E-state index < -0.39 is 0 Å². The highest BCUT2D eigenvalue weighted by Gasteiger charge is 2.36. The largest absolute Gasteiger partial charge is 0.316 e. The maximum atomic E-state index is 5.93. The van der Waals surface area contributed by atoms with Crippen molar-refractivity contribution in [1.29, 1.82) is 0 Å². The molecule has 0 aliphatic carbocycles. The van der Waals surface area contributed by atoms with E-state index in [4.69, 9.17) is 5.73 Å². The minimum Gasteiger partial charge on any atom is -0.316 e. The van der Waals surface area contributed by atoms with Crippen molar-refractivity contribution in [2.75, 3.05) is 6.54 Å². The Morgan fingerprint density at radius 3 is 2.50 bits per heavy atom. The number of nitrogens with zero attached hydrogens (tertiary/aromatic N) is 1. The summed E-state index contributed by atoms with van der Waals surface area (Å²) in [5.41, 5.74) is 6.22.